The van der Waals surface area contributed by atoms with E-state index in [4.69, 9.17) is 4.74 Å². The Bertz CT molecular complexity index is 1330. The van der Waals surface area contributed by atoms with E-state index in [1.54, 1.807) is 7.11 Å². The molecule has 1 amide bonds. The molecule has 41 heavy (non-hydrogen) atoms. The van der Waals surface area contributed by atoms with Crippen LogP contribution in [0, 0.1) is 18.3 Å². The van der Waals surface area contributed by atoms with Gasteiger partial charge in [-0.15, -0.1) is 0 Å². The van der Waals surface area contributed by atoms with Crippen LogP contribution in [0.2, 0.25) is 0 Å². The van der Waals surface area contributed by atoms with Gasteiger partial charge in [0.05, 0.1) is 12.5 Å². The molecule has 0 aromatic heterocycles. The molecule has 1 saturated heterocycles. The number of ether oxygens (including phenoxy) is 1. The first-order valence-electron chi connectivity index (χ1n) is 15.9. The number of allylic oxidation sites excluding steroid dienone is 1. The van der Waals surface area contributed by atoms with Gasteiger partial charge in [0.15, 0.2) is 0 Å². The number of anilines is 1. The van der Waals surface area contributed by atoms with Crippen molar-refractivity contribution in [3.05, 3.63) is 58.7 Å². The quantitative estimate of drug-likeness (QED) is 0.398. The van der Waals surface area contributed by atoms with Crippen LogP contribution in [0.15, 0.2) is 36.4 Å². The van der Waals surface area contributed by atoms with Crippen molar-refractivity contribution in [2.24, 2.45) is 11.3 Å². The Morgan fingerprint density at radius 1 is 1.05 bits per heavy atom. The monoisotopic (exact) mass is 555 g/mol. The summed E-state index contributed by atoms with van der Waals surface area (Å²) in [6, 6.07) is 14.1. The maximum Gasteiger partial charge on any atom is 0.231 e. The fourth-order valence-corrected chi connectivity index (χ4v) is 8.31. The van der Waals surface area contributed by atoms with Gasteiger partial charge in [-0.3, -0.25) is 4.79 Å². The first-order valence-corrected chi connectivity index (χ1v) is 15.9. The number of rotatable bonds is 5. The number of hydrogen-bond acceptors (Lipinski definition) is 4. The van der Waals surface area contributed by atoms with Crippen molar-refractivity contribution in [2.75, 3.05) is 46.2 Å². The Morgan fingerprint density at radius 3 is 2.56 bits per heavy atom. The number of nitrogens with zero attached hydrogens (tertiary/aromatic N) is 3. The zero-order chi connectivity index (χ0) is 28.9. The van der Waals surface area contributed by atoms with Crippen LogP contribution in [0.3, 0.4) is 0 Å². The van der Waals surface area contributed by atoms with Gasteiger partial charge in [0.1, 0.15) is 5.75 Å². The van der Waals surface area contributed by atoms with Crippen LogP contribution in [0.5, 0.6) is 5.75 Å². The Kier molecular flexibility index (Phi) is 7.69. The molecule has 220 valence electrons. The number of likely N-dealkylation sites (tertiary alicyclic amines) is 1. The Labute approximate surface area is 247 Å². The zero-order valence-electron chi connectivity index (χ0n) is 26.1. The van der Waals surface area contributed by atoms with Crippen molar-refractivity contribution in [3.8, 4) is 5.75 Å². The molecular weight excluding hydrogens is 506 g/mol. The van der Waals surface area contributed by atoms with E-state index in [2.05, 4.69) is 92.2 Å². The average Bonchev–Trinajstić information content (AvgIpc) is 3.58. The summed E-state index contributed by atoms with van der Waals surface area (Å²) in [4.78, 5) is 21.8. The Morgan fingerprint density at radius 2 is 1.83 bits per heavy atom. The molecule has 4 unspecified atom stereocenters. The Balaban J connectivity index is 1.51. The molecule has 5 heteroatoms. The summed E-state index contributed by atoms with van der Waals surface area (Å²) in [5.41, 5.74) is 7.47. The van der Waals surface area contributed by atoms with Crippen molar-refractivity contribution in [3.63, 3.8) is 0 Å². The van der Waals surface area contributed by atoms with E-state index >= 15 is 0 Å². The number of carbonyl (C=O) groups excluding carboxylic acids is 1. The molecule has 0 radical (unpaired) electrons. The number of amides is 1. The number of likely N-dealkylation sites (N-methyl/N-ethyl adjacent to an activating group) is 1. The van der Waals surface area contributed by atoms with E-state index in [0.717, 1.165) is 38.1 Å². The van der Waals surface area contributed by atoms with Crippen LogP contribution in [-0.2, 0) is 4.79 Å². The molecule has 2 aromatic carbocycles. The van der Waals surface area contributed by atoms with E-state index in [9.17, 15) is 4.79 Å². The number of aryl methyl sites for hydroxylation is 1. The van der Waals surface area contributed by atoms with Crippen molar-refractivity contribution in [1.29, 1.82) is 0 Å². The van der Waals surface area contributed by atoms with Gasteiger partial charge >= 0.3 is 0 Å². The molecule has 0 N–H and O–H groups in total. The van der Waals surface area contributed by atoms with E-state index < -0.39 is 5.41 Å². The Hall–Kier alpha value is -2.79. The minimum Gasteiger partial charge on any atom is -0.497 e. The number of hydrogen-bond donors (Lipinski definition) is 0. The number of methoxy groups -OCH3 is 1. The summed E-state index contributed by atoms with van der Waals surface area (Å²) >= 11 is 0. The lowest BCUT2D eigenvalue weighted by molar-refractivity contribution is -0.139. The maximum absolute atomic E-state index is 14.9. The number of carbonyl (C=O) groups is 1. The summed E-state index contributed by atoms with van der Waals surface area (Å²) < 4.78 is 5.75. The smallest absolute Gasteiger partial charge is 0.231 e. The minimum atomic E-state index is -0.434. The minimum absolute atomic E-state index is 0.186. The molecular formula is C36H49N3O2. The normalized spacial score (nSPS) is 29.3. The molecule has 2 heterocycles. The van der Waals surface area contributed by atoms with Gasteiger partial charge in [-0.2, -0.15) is 0 Å². The van der Waals surface area contributed by atoms with Gasteiger partial charge in [0, 0.05) is 49.4 Å². The second-order valence-corrected chi connectivity index (χ2v) is 13.8. The summed E-state index contributed by atoms with van der Waals surface area (Å²) in [5, 5.41) is 0. The fraction of sp³-hybridized carbons (Fsp3) is 0.583. The van der Waals surface area contributed by atoms with Gasteiger partial charge in [0.25, 0.3) is 0 Å². The molecule has 6 rings (SSSR count). The van der Waals surface area contributed by atoms with Crippen LogP contribution in [0.1, 0.15) is 86.5 Å². The molecule has 4 atom stereocenters. The second kappa shape index (κ2) is 11.1. The highest BCUT2D eigenvalue weighted by Crippen LogP contribution is 2.63. The van der Waals surface area contributed by atoms with Crippen LogP contribution < -0.4 is 9.64 Å². The first-order chi connectivity index (χ1) is 19.7. The third kappa shape index (κ3) is 5.20. The molecule has 0 bridgehead atoms. The topological polar surface area (TPSA) is 36.0 Å². The lowest BCUT2D eigenvalue weighted by Gasteiger charge is -2.37. The van der Waals surface area contributed by atoms with Gasteiger partial charge in [0.2, 0.25) is 5.91 Å². The largest absolute Gasteiger partial charge is 0.497 e. The molecule has 5 nitrogen and oxygen atoms in total. The molecule has 2 aliphatic carbocycles. The predicted octanol–water partition coefficient (Wildman–Crippen LogP) is 6.99. The average molecular weight is 556 g/mol. The standard InChI is InChI=1S/C36H49N3O2/c1-24-12-17-30-31(26-10-8-7-9-11-26)19-27-14-16-29(41-6)20-32(27)33-21-36(33,23-38(5)34(30)18-24)35(40)39-25(2)13-15-28(39)22-37(3)4/h12,14,16-20,25-26,28,33H,7-11,13,15,21-23H2,1-6H3/b31-19+. The third-order valence-corrected chi connectivity index (χ3v) is 10.5. The van der Waals surface area contributed by atoms with E-state index in [0.29, 0.717) is 11.8 Å². The highest BCUT2D eigenvalue weighted by atomic mass is 16.5. The van der Waals surface area contributed by atoms with Crippen molar-refractivity contribution in [1.82, 2.24) is 9.80 Å². The number of fused-ring (bicyclic) bond motifs is 4. The summed E-state index contributed by atoms with van der Waals surface area (Å²) in [6.45, 7) is 6.10. The SMILES string of the molecule is COc1ccc2c(c1)C1CC1(C(=O)N1C(C)CCC1CN(C)C)CN(C)c1cc(C)ccc1/C(C1CCCCC1)=C/2. The lowest BCUT2D eigenvalue weighted by Crippen LogP contribution is -2.50. The molecule has 2 aliphatic heterocycles. The number of benzene rings is 2. The van der Waals surface area contributed by atoms with E-state index in [1.165, 1.54) is 65.6 Å². The van der Waals surface area contributed by atoms with Gasteiger partial charge in [-0.25, -0.2) is 0 Å². The highest BCUT2D eigenvalue weighted by molar-refractivity contribution is 5.93. The highest BCUT2D eigenvalue weighted by Gasteiger charge is 2.64. The van der Waals surface area contributed by atoms with Crippen molar-refractivity contribution >= 4 is 23.2 Å². The van der Waals surface area contributed by atoms with Gasteiger partial charge in [-0.1, -0.05) is 43.5 Å². The summed E-state index contributed by atoms with van der Waals surface area (Å²) in [7, 11) is 8.22. The molecule has 4 aliphatic rings. The van der Waals surface area contributed by atoms with Gasteiger partial charge < -0.3 is 19.4 Å². The molecule has 0 spiro atoms. The van der Waals surface area contributed by atoms with Crippen LogP contribution in [-0.4, -0.2) is 69.1 Å². The molecule has 2 saturated carbocycles. The van der Waals surface area contributed by atoms with E-state index in [1.807, 2.05) is 0 Å². The zero-order valence-corrected chi connectivity index (χ0v) is 26.1. The van der Waals surface area contributed by atoms with Crippen LogP contribution in [0.25, 0.3) is 11.6 Å². The third-order valence-electron chi connectivity index (χ3n) is 10.5. The van der Waals surface area contributed by atoms with Crippen molar-refractivity contribution in [2.45, 2.75) is 83.2 Å². The predicted molar refractivity (Wildman–Crippen MR) is 170 cm³/mol. The van der Waals surface area contributed by atoms with Crippen molar-refractivity contribution < 1.29 is 9.53 Å². The lowest BCUT2D eigenvalue weighted by atomic mass is 9.78. The van der Waals surface area contributed by atoms with Crippen LogP contribution >= 0.6 is 0 Å². The molecule has 3 fully saturated rings. The maximum atomic E-state index is 14.9. The van der Waals surface area contributed by atoms with Gasteiger partial charge in [-0.05, 0) is 106 Å². The summed E-state index contributed by atoms with van der Waals surface area (Å²) in [6.07, 6.45) is 12.0. The first kappa shape index (κ1) is 28.3. The fourth-order valence-electron chi connectivity index (χ4n) is 8.31. The summed E-state index contributed by atoms with van der Waals surface area (Å²) in [5.74, 6) is 1.98. The molecule has 2 aromatic rings. The van der Waals surface area contributed by atoms with E-state index in [-0.39, 0.29) is 18.0 Å². The second-order valence-electron chi connectivity index (χ2n) is 13.8. The van der Waals surface area contributed by atoms with Crippen LogP contribution in [0.4, 0.5) is 5.69 Å².